The molecule has 0 bridgehead atoms. The van der Waals surface area contributed by atoms with Gasteiger partial charge in [0.1, 0.15) is 11.5 Å². The van der Waals surface area contributed by atoms with E-state index in [1.54, 1.807) is 37.3 Å². The van der Waals surface area contributed by atoms with Gasteiger partial charge in [-0.3, -0.25) is 9.69 Å². The van der Waals surface area contributed by atoms with Crippen molar-refractivity contribution >= 4 is 29.0 Å². The minimum atomic E-state index is -0.147. The van der Waals surface area contributed by atoms with Gasteiger partial charge in [-0.2, -0.15) is 0 Å². The van der Waals surface area contributed by atoms with E-state index in [-0.39, 0.29) is 11.9 Å². The molecule has 3 rings (SSSR count). The summed E-state index contributed by atoms with van der Waals surface area (Å²) in [7, 11) is 3.14. The topological polar surface area (TPSA) is 83.1 Å². The number of nitrogens with zero attached hydrogens (tertiary/aromatic N) is 2. The van der Waals surface area contributed by atoms with Gasteiger partial charge in [0.25, 0.3) is 5.91 Å². The number of urea groups is 1. The summed E-state index contributed by atoms with van der Waals surface area (Å²) >= 11 is 1.43. The van der Waals surface area contributed by atoms with Gasteiger partial charge in [-0.05, 0) is 11.4 Å². The van der Waals surface area contributed by atoms with Gasteiger partial charge in [-0.1, -0.05) is 6.07 Å². The molecule has 0 spiro atoms. The zero-order valence-electron chi connectivity index (χ0n) is 16.6. The van der Waals surface area contributed by atoms with Gasteiger partial charge in [-0.15, -0.1) is 11.3 Å². The SMILES string of the molecule is COc1cc(NC(=O)N2CCN(CCNC(=O)c3cccs3)CC2)cc(OC)c1. The standard InChI is InChI=1S/C20H26N4O4S/c1-27-16-12-15(13-17(14-16)28-2)22-20(26)24-9-7-23(8-10-24)6-5-21-19(25)18-4-3-11-29-18/h3-4,11-14H,5-10H2,1-2H3,(H,21,25)(H,22,26). The normalized spacial score (nSPS) is 14.3. The Kier molecular flexibility index (Phi) is 7.31. The highest BCUT2D eigenvalue weighted by molar-refractivity contribution is 7.12. The summed E-state index contributed by atoms with van der Waals surface area (Å²) in [5, 5.41) is 7.73. The van der Waals surface area contributed by atoms with Crippen molar-refractivity contribution in [2.24, 2.45) is 0 Å². The Morgan fingerprint density at radius 2 is 1.76 bits per heavy atom. The predicted molar refractivity (Wildman–Crippen MR) is 113 cm³/mol. The van der Waals surface area contributed by atoms with Crippen LogP contribution < -0.4 is 20.1 Å². The molecule has 29 heavy (non-hydrogen) atoms. The van der Waals surface area contributed by atoms with Gasteiger partial charge < -0.3 is 25.0 Å². The zero-order valence-corrected chi connectivity index (χ0v) is 17.5. The molecular weight excluding hydrogens is 392 g/mol. The fraction of sp³-hybridized carbons (Fsp3) is 0.400. The zero-order chi connectivity index (χ0) is 20.6. The van der Waals surface area contributed by atoms with Crippen LogP contribution in [0.4, 0.5) is 10.5 Å². The molecule has 0 unspecified atom stereocenters. The first-order valence-electron chi connectivity index (χ1n) is 9.42. The number of thiophene rings is 1. The number of benzene rings is 1. The summed E-state index contributed by atoms with van der Waals surface area (Å²) < 4.78 is 10.5. The summed E-state index contributed by atoms with van der Waals surface area (Å²) in [6, 6.07) is 8.80. The quantitative estimate of drug-likeness (QED) is 0.721. The molecule has 2 heterocycles. The van der Waals surface area contributed by atoms with Crippen LogP contribution >= 0.6 is 11.3 Å². The highest BCUT2D eigenvalue weighted by atomic mass is 32.1. The Morgan fingerprint density at radius 3 is 2.34 bits per heavy atom. The van der Waals surface area contributed by atoms with E-state index in [1.807, 2.05) is 17.5 Å². The van der Waals surface area contributed by atoms with Crippen LogP contribution in [0.2, 0.25) is 0 Å². The fourth-order valence-corrected chi connectivity index (χ4v) is 3.72. The molecule has 8 nitrogen and oxygen atoms in total. The molecular formula is C20H26N4O4S. The molecule has 0 atom stereocenters. The summed E-state index contributed by atoms with van der Waals surface area (Å²) in [6.07, 6.45) is 0. The molecule has 156 valence electrons. The van der Waals surface area contributed by atoms with Gasteiger partial charge in [-0.25, -0.2) is 4.79 Å². The number of ether oxygens (including phenoxy) is 2. The Hall–Kier alpha value is -2.78. The molecule has 1 aromatic heterocycles. The second kappa shape index (κ2) is 10.1. The van der Waals surface area contributed by atoms with Crippen molar-refractivity contribution in [1.82, 2.24) is 15.1 Å². The second-order valence-corrected chi connectivity index (χ2v) is 7.54. The largest absolute Gasteiger partial charge is 0.497 e. The molecule has 2 aromatic rings. The Balaban J connectivity index is 1.42. The van der Waals surface area contributed by atoms with Crippen LogP contribution in [0.5, 0.6) is 11.5 Å². The number of carbonyl (C=O) groups excluding carboxylic acids is 2. The average molecular weight is 419 g/mol. The lowest BCUT2D eigenvalue weighted by molar-refractivity contribution is 0.0946. The van der Waals surface area contributed by atoms with E-state index in [1.165, 1.54) is 11.3 Å². The molecule has 1 fully saturated rings. The minimum absolute atomic E-state index is 0.0354. The van der Waals surface area contributed by atoms with E-state index in [2.05, 4.69) is 15.5 Å². The van der Waals surface area contributed by atoms with Gasteiger partial charge in [0, 0.05) is 63.2 Å². The van der Waals surface area contributed by atoms with Crippen molar-refractivity contribution in [1.29, 1.82) is 0 Å². The number of hydrogen-bond acceptors (Lipinski definition) is 6. The van der Waals surface area contributed by atoms with Gasteiger partial charge >= 0.3 is 6.03 Å². The minimum Gasteiger partial charge on any atom is -0.497 e. The number of hydrogen-bond donors (Lipinski definition) is 2. The van der Waals surface area contributed by atoms with E-state index < -0.39 is 0 Å². The molecule has 1 aliphatic heterocycles. The fourth-order valence-electron chi connectivity index (χ4n) is 3.08. The number of methoxy groups -OCH3 is 2. The summed E-state index contributed by atoms with van der Waals surface area (Å²) in [4.78, 5) is 29.3. The van der Waals surface area contributed by atoms with Crippen LogP contribution in [0.1, 0.15) is 9.67 Å². The first-order chi connectivity index (χ1) is 14.1. The maximum absolute atomic E-state index is 12.6. The molecule has 2 N–H and O–H groups in total. The third-order valence-corrected chi connectivity index (χ3v) is 5.59. The molecule has 3 amide bonds. The van der Waals surface area contributed by atoms with Crippen molar-refractivity contribution in [3.05, 3.63) is 40.6 Å². The van der Waals surface area contributed by atoms with Crippen LogP contribution in [-0.2, 0) is 0 Å². The maximum atomic E-state index is 12.6. The Bertz CT molecular complexity index is 798. The molecule has 0 aliphatic carbocycles. The van der Waals surface area contributed by atoms with E-state index in [0.29, 0.717) is 36.8 Å². The lowest BCUT2D eigenvalue weighted by Gasteiger charge is -2.34. The number of anilines is 1. The van der Waals surface area contributed by atoms with Crippen LogP contribution in [-0.4, -0.2) is 75.2 Å². The van der Waals surface area contributed by atoms with Crippen LogP contribution in [0.15, 0.2) is 35.7 Å². The van der Waals surface area contributed by atoms with Crippen molar-refractivity contribution < 1.29 is 19.1 Å². The average Bonchev–Trinajstić information content (AvgIpc) is 3.29. The predicted octanol–water partition coefficient (Wildman–Crippen LogP) is 2.34. The van der Waals surface area contributed by atoms with E-state index in [0.717, 1.165) is 24.5 Å². The molecule has 1 saturated heterocycles. The highest BCUT2D eigenvalue weighted by Gasteiger charge is 2.21. The highest BCUT2D eigenvalue weighted by Crippen LogP contribution is 2.26. The maximum Gasteiger partial charge on any atom is 0.321 e. The molecule has 1 aromatic carbocycles. The number of rotatable bonds is 7. The third kappa shape index (κ3) is 5.85. The molecule has 9 heteroatoms. The van der Waals surface area contributed by atoms with Gasteiger partial charge in [0.15, 0.2) is 0 Å². The third-order valence-electron chi connectivity index (χ3n) is 4.72. The lowest BCUT2D eigenvalue weighted by Crippen LogP contribution is -2.51. The number of amides is 3. The Morgan fingerprint density at radius 1 is 1.07 bits per heavy atom. The van der Waals surface area contributed by atoms with Crippen molar-refractivity contribution in [3.8, 4) is 11.5 Å². The summed E-state index contributed by atoms with van der Waals surface area (Å²) in [5.41, 5.74) is 0.630. The van der Waals surface area contributed by atoms with Crippen molar-refractivity contribution in [3.63, 3.8) is 0 Å². The lowest BCUT2D eigenvalue weighted by atomic mass is 10.2. The Labute approximate surface area is 174 Å². The number of nitrogens with one attached hydrogen (secondary N) is 2. The van der Waals surface area contributed by atoms with Gasteiger partial charge in [0.2, 0.25) is 0 Å². The number of carbonyl (C=O) groups is 2. The van der Waals surface area contributed by atoms with E-state index in [4.69, 9.17) is 9.47 Å². The van der Waals surface area contributed by atoms with Crippen molar-refractivity contribution in [2.45, 2.75) is 0 Å². The molecule has 0 radical (unpaired) electrons. The van der Waals surface area contributed by atoms with Crippen LogP contribution in [0, 0.1) is 0 Å². The van der Waals surface area contributed by atoms with Crippen LogP contribution in [0.3, 0.4) is 0 Å². The molecule has 0 saturated carbocycles. The van der Waals surface area contributed by atoms with Crippen molar-refractivity contribution in [2.75, 3.05) is 58.8 Å². The van der Waals surface area contributed by atoms with Crippen LogP contribution in [0.25, 0.3) is 0 Å². The van der Waals surface area contributed by atoms with Gasteiger partial charge in [0.05, 0.1) is 19.1 Å². The van der Waals surface area contributed by atoms with E-state index in [9.17, 15) is 9.59 Å². The first-order valence-corrected chi connectivity index (χ1v) is 10.3. The summed E-state index contributed by atoms with van der Waals surface area (Å²) in [6.45, 7) is 4.15. The summed E-state index contributed by atoms with van der Waals surface area (Å²) in [5.74, 6) is 1.20. The monoisotopic (exact) mass is 418 g/mol. The van der Waals surface area contributed by atoms with E-state index >= 15 is 0 Å². The smallest absolute Gasteiger partial charge is 0.321 e. The number of piperazine rings is 1. The second-order valence-electron chi connectivity index (χ2n) is 6.59. The molecule has 1 aliphatic rings. The first kappa shape index (κ1) is 20.9.